The van der Waals surface area contributed by atoms with Gasteiger partial charge in [0.15, 0.2) is 16.8 Å². The van der Waals surface area contributed by atoms with Crippen molar-refractivity contribution in [3.63, 3.8) is 0 Å². The van der Waals surface area contributed by atoms with Crippen LogP contribution in [0.5, 0.6) is 0 Å². The van der Waals surface area contributed by atoms with Crippen LogP contribution in [0.2, 0.25) is 0 Å². The molecule has 0 amide bonds. The van der Waals surface area contributed by atoms with Gasteiger partial charge in [-0.25, -0.2) is 0 Å². The Hall–Kier alpha value is -2.15. The number of carbonyl (C=O) groups excluding carboxylic acids is 4. The number of benzene rings is 1. The highest BCUT2D eigenvalue weighted by Crippen LogP contribution is 2.27. The highest BCUT2D eigenvalue weighted by molar-refractivity contribution is 8.01. The van der Waals surface area contributed by atoms with Gasteiger partial charge < -0.3 is 9.47 Å². The van der Waals surface area contributed by atoms with Crippen molar-refractivity contribution in [2.75, 3.05) is 14.2 Å². The predicted octanol–water partition coefficient (Wildman–Crippen LogP) is 8.29. The normalized spacial score (nSPS) is 11.7. The molecule has 0 aliphatic rings. The van der Waals surface area contributed by atoms with E-state index in [1.807, 2.05) is 0 Å². The number of ketones is 2. The molecule has 1 atom stereocenters. The summed E-state index contributed by atoms with van der Waals surface area (Å²) in [6, 6.07) is 6.73. The van der Waals surface area contributed by atoms with Gasteiger partial charge in [0, 0.05) is 23.3 Å². The largest absolute Gasteiger partial charge is 0.469 e. The van der Waals surface area contributed by atoms with Gasteiger partial charge in [0.05, 0.1) is 20.6 Å². The average molecular weight is 563 g/mol. The Labute approximate surface area is 240 Å². The predicted molar refractivity (Wildman–Crippen MR) is 158 cm³/mol. The number of ether oxygens (including phenoxy) is 2. The van der Waals surface area contributed by atoms with Gasteiger partial charge in [-0.2, -0.15) is 0 Å². The Morgan fingerprint density at radius 2 is 1.13 bits per heavy atom. The third kappa shape index (κ3) is 16.5. The minimum Gasteiger partial charge on any atom is -0.469 e. The van der Waals surface area contributed by atoms with Crippen molar-refractivity contribution in [3.05, 3.63) is 29.8 Å². The molecule has 0 aromatic heterocycles. The maximum absolute atomic E-state index is 12.8. The van der Waals surface area contributed by atoms with E-state index < -0.39 is 17.2 Å². The number of hydrogen-bond acceptors (Lipinski definition) is 7. The maximum Gasteiger partial charge on any atom is 0.326 e. The van der Waals surface area contributed by atoms with Crippen LogP contribution >= 0.6 is 11.8 Å². The molecule has 6 nitrogen and oxygen atoms in total. The van der Waals surface area contributed by atoms with Crippen molar-refractivity contribution in [1.29, 1.82) is 0 Å². The first kappa shape index (κ1) is 34.9. The maximum atomic E-state index is 12.8. The molecule has 0 aliphatic carbocycles. The van der Waals surface area contributed by atoms with Crippen LogP contribution in [0.4, 0.5) is 0 Å². The summed E-state index contributed by atoms with van der Waals surface area (Å²) in [6.45, 7) is 2.26. The molecule has 0 aliphatic heterocycles. The molecule has 220 valence electrons. The lowest BCUT2D eigenvalue weighted by molar-refractivity contribution is -0.143. The van der Waals surface area contributed by atoms with Gasteiger partial charge in [0.2, 0.25) is 0 Å². The summed E-state index contributed by atoms with van der Waals surface area (Å²) in [6.07, 6.45) is 19.4. The van der Waals surface area contributed by atoms with Crippen LogP contribution in [0, 0.1) is 0 Å². The van der Waals surface area contributed by atoms with Gasteiger partial charge in [-0.05, 0) is 18.6 Å². The summed E-state index contributed by atoms with van der Waals surface area (Å²) in [4.78, 5) is 49.3. The van der Waals surface area contributed by atoms with Crippen molar-refractivity contribution in [3.8, 4) is 0 Å². The molecule has 0 heterocycles. The first-order valence-corrected chi connectivity index (χ1v) is 15.8. The Kier molecular flexibility index (Phi) is 20.3. The Morgan fingerprint density at radius 1 is 0.641 bits per heavy atom. The molecule has 7 heteroatoms. The highest BCUT2D eigenvalue weighted by Gasteiger charge is 2.28. The first-order chi connectivity index (χ1) is 18.9. The molecule has 1 rings (SSSR count). The van der Waals surface area contributed by atoms with E-state index in [9.17, 15) is 19.2 Å². The van der Waals surface area contributed by atoms with Crippen LogP contribution in [-0.2, 0) is 23.9 Å². The zero-order valence-corrected chi connectivity index (χ0v) is 25.3. The standard InChI is InChI=1S/C32H50O6S/c1-4-5-6-7-8-9-10-11-12-13-14-15-16-17-18-19-29(34)31(32(36)38-3)39-27-22-20-26(21-23-27)28(33)24-25-30(35)37-2/h20-23,31H,4-19,24-25H2,1-3H3. The van der Waals surface area contributed by atoms with Gasteiger partial charge in [0.25, 0.3) is 0 Å². The third-order valence-electron chi connectivity index (χ3n) is 6.95. The van der Waals surface area contributed by atoms with Gasteiger partial charge in [-0.15, -0.1) is 11.8 Å². The fourth-order valence-corrected chi connectivity index (χ4v) is 5.48. The number of Topliss-reactive ketones (excluding diaryl/α,β-unsaturated/α-hetero) is 2. The van der Waals surface area contributed by atoms with Crippen molar-refractivity contribution in [2.24, 2.45) is 0 Å². The van der Waals surface area contributed by atoms with Crippen LogP contribution in [-0.4, -0.2) is 43.0 Å². The quantitative estimate of drug-likeness (QED) is 0.0412. The van der Waals surface area contributed by atoms with Crippen molar-refractivity contribution in [2.45, 2.75) is 133 Å². The fourth-order valence-electron chi connectivity index (χ4n) is 4.47. The topological polar surface area (TPSA) is 86.7 Å². The molecule has 0 radical (unpaired) electrons. The molecule has 0 fully saturated rings. The number of rotatable bonds is 24. The smallest absolute Gasteiger partial charge is 0.326 e. The molecule has 0 bridgehead atoms. The van der Waals surface area contributed by atoms with Gasteiger partial charge in [-0.1, -0.05) is 109 Å². The third-order valence-corrected chi connectivity index (χ3v) is 8.18. The zero-order chi connectivity index (χ0) is 28.7. The van der Waals surface area contributed by atoms with E-state index in [1.165, 1.54) is 91.3 Å². The molecule has 0 spiro atoms. The average Bonchev–Trinajstić information content (AvgIpc) is 2.96. The molecular formula is C32H50O6S. The molecule has 1 aromatic carbocycles. The number of esters is 2. The molecule has 39 heavy (non-hydrogen) atoms. The molecule has 0 saturated heterocycles. The monoisotopic (exact) mass is 562 g/mol. The Bertz CT molecular complexity index is 836. The van der Waals surface area contributed by atoms with E-state index in [2.05, 4.69) is 11.7 Å². The number of unbranched alkanes of at least 4 members (excludes halogenated alkanes) is 14. The molecular weight excluding hydrogens is 512 g/mol. The van der Waals surface area contributed by atoms with Crippen LogP contribution < -0.4 is 0 Å². The van der Waals surface area contributed by atoms with Crippen molar-refractivity contribution in [1.82, 2.24) is 0 Å². The number of thioether (sulfide) groups is 1. The van der Waals surface area contributed by atoms with Gasteiger partial charge >= 0.3 is 11.9 Å². The van der Waals surface area contributed by atoms with Crippen LogP contribution in [0.3, 0.4) is 0 Å². The fraction of sp³-hybridized carbons (Fsp3) is 0.688. The van der Waals surface area contributed by atoms with E-state index in [1.54, 1.807) is 24.3 Å². The van der Waals surface area contributed by atoms with E-state index in [-0.39, 0.29) is 24.4 Å². The second-order valence-corrected chi connectivity index (χ2v) is 11.4. The summed E-state index contributed by atoms with van der Waals surface area (Å²) >= 11 is 1.15. The van der Waals surface area contributed by atoms with E-state index in [0.717, 1.165) is 31.0 Å². The highest BCUT2D eigenvalue weighted by atomic mass is 32.2. The number of methoxy groups -OCH3 is 2. The minimum absolute atomic E-state index is 0.0318. The number of hydrogen-bond donors (Lipinski definition) is 0. The molecule has 1 aromatic rings. The lowest BCUT2D eigenvalue weighted by Crippen LogP contribution is -2.28. The summed E-state index contributed by atoms with van der Waals surface area (Å²) < 4.78 is 9.45. The van der Waals surface area contributed by atoms with Crippen LogP contribution in [0.1, 0.15) is 133 Å². The molecule has 0 N–H and O–H groups in total. The van der Waals surface area contributed by atoms with Crippen molar-refractivity contribution < 1.29 is 28.7 Å². The lowest BCUT2D eigenvalue weighted by atomic mass is 10.0. The van der Waals surface area contributed by atoms with E-state index >= 15 is 0 Å². The van der Waals surface area contributed by atoms with Gasteiger partial charge in [-0.3, -0.25) is 19.2 Å². The van der Waals surface area contributed by atoms with Crippen LogP contribution in [0.15, 0.2) is 29.2 Å². The lowest BCUT2D eigenvalue weighted by Gasteiger charge is -2.13. The zero-order valence-electron chi connectivity index (χ0n) is 24.5. The molecule has 1 unspecified atom stereocenters. The van der Waals surface area contributed by atoms with Gasteiger partial charge in [0.1, 0.15) is 0 Å². The summed E-state index contributed by atoms with van der Waals surface area (Å²) in [7, 11) is 2.58. The first-order valence-electron chi connectivity index (χ1n) is 14.9. The minimum atomic E-state index is -0.914. The summed E-state index contributed by atoms with van der Waals surface area (Å²) in [5, 5.41) is -0.914. The number of carbonyl (C=O) groups is 4. The van der Waals surface area contributed by atoms with E-state index in [4.69, 9.17) is 4.74 Å². The van der Waals surface area contributed by atoms with Crippen LogP contribution in [0.25, 0.3) is 0 Å². The second-order valence-electron chi connectivity index (χ2n) is 10.2. The molecule has 0 saturated carbocycles. The van der Waals surface area contributed by atoms with E-state index in [0.29, 0.717) is 16.9 Å². The SMILES string of the molecule is CCCCCCCCCCCCCCCCCC(=O)C(Sc1ccc(C(=O)CCC(=O)OC)cc1)C(=O)OC. The van der Waals surface area contributed by atoms with Crippen molar-refractivity contribution >= 4 is 35.3 Å². The Morgan fingerprint density at radius 3 is 1.59 bits per heavy atom. The summed E-state index contributed by atoms with van der Waals surface area (Å²) in [5.41, 5.74) is 0.474. The Balaban J connectivity index is 2.26. The summed E-state index contributed by atoms with van der Waals surface area (Å²) in [5.74, 6) is -1.27. The second kappa shape index (κ2) is 22.6.